The van der Waals surface area contributed by atoms with Crippen molar-refractivity contribution < 1.29 is 18.0 Å². The Morgan fingerprint density at radius 2 is 2.17 bits per heavy atom. The molecule has 1 unspecified atom stereocenters. The van der Waals surface area contributed by atoms with Crippen molar-refractivity contribution in [3.8, 4) is 0 Å². The summed E-state index contributed by atoms with van der Waals surface area (Å²) in [7, 11) is 0. The zero-order valence-electron chi connectivity index (χ0n) is 9.44. The molecule has 1 saturated heterocycles. The van der Waals surface area contributed by atoms with Gasteiger partial charge in [0.1, 0.15) is 5.82 Å². The number of anilines is 1. The second-order valence-electron chi connectivity index (χ2n) is 4.25. The normalized spacial score (nSPS) is 20.2. The summed E-state index contributed by atoms with van der Waals surface area (Å²) < 4.78 is 37.5. The molecule has 0 bridgehead atoms. The molecule has 0 radical (unpaired) electrons. The molecule has 0 spiro atoms. The van der Waals surface area contributed by atoms with E-state index in [-0.39, 0.29) is 30.9 Å². The van der Waals surface area contributed by atoms with E-state index < -0.39 is 18.0 Å². The van der Waals surface area contributed by atoms with Crippen LogP contribution in [-0.2, 0) is 0 Å². The standard InChI is InChI=1S/C11H12F3N3O/c12-11(13,14)8-3-4-17(6-8)10(18)7-1-2-9(15)16-5-7/h1-2,5,8H,3-4,6H2,(H2,15,16). The van der Waals surface area contributed by atoms with Crippen LogP contribution in [0.1, 0.15) is 16.8 Å². The largest absolute Gasteiger partial charge is 0.393 e. The van der Waals surface area contributed by atoms with E-state index in [0.717, 1.165) is 0 Å². The number of nitrogen functional groups attached to an aromatic ring is 1. The lowest BCUT2D eigenvalue weighted by atomic mass is 10.1. The number of hydrogen-bond donors (Lipinski definition) is 1. The molecule has 1 aromatic heterocycles. The summed E-state index contributed by atoms with van der Waals surface area (Å²) in [6.07, 6.45) is -3.01. The van der Waals surface area contributed by atoms with E-state index >= 15 is 0 Å². The van der Waals surface area contributed by atoms with Gasteiger partial charge in [-0.15, -0.1) is 0 Å². The van der Waals surface area contributed by atoms with E-state index in [1.54, 1.807) is 0 Å². The molecule has 4 nitrogen and oxygen atoms in total. The Morgan fingerprint density at radius 3 is 2.67 bits per heavy atom. The van der Waals surface area contributed by atoms with Crippen molar-refractivity contribution in [2.24, 2.45) is 5.92 Å². The van der Waals surface area contributed by atoms with Gasteiger partial charge in [-0.3, -0.25) is 4.79 Å². The Morgan fingerprint density at radius 1 is 1.44 bits per heavy atom. The first-order chi connectivity index (χ1) is 8.38. The van der Waals surface area contributed by atoms with Crippen molar-refractivity contribution in [1.82, 2.24) is 9.88 Å². The molecular formula is C11H12F3N3O. The maximum Gasteiger partial charge on any atom is 0.393 e. The van der Waals surface area contributed by atoms with Crippen LogP contribution in [0.2, 0.25) is 0 Å². The van der Waals surface area contributed by atoms with E-state index in [0.29, 0.717) is 0 Å². The minimum atomic E-state index is -4.24. The van der Waals surface area contributed by atoms with E-state index in [4.69, 9.17) is 5.73 Å². The number of carbonyl (C=O) groups excluding carboxylic acids is 1. The lowest BCUT2D eigenvalue weighted by Crippen LogP contribution is -2.32. The Kier molecular flexibility index (Phi) is 3.14. The summed E-state index contributed by atoms with van der Waals surface area (Å²) >= 11 is 0. The van der Waals surface area contributed by atoms with Crippen LogP contribution in [0.25, 0.3) is 0 Å². The zero-order valence-corrected chi connectivity index (χ0v) is 9.44. The fourth-order valence-electron chi connectivity index (χ4n) is 1.93. The number of alkyl halides is 3. The molecule has 1 aliphatic heterocycles. The summed E-state index contributed by atoms with van der Waals surface area (Å²) in [5.74, 6) is -1.60. The Balaban J connectivity index is 2.06. The highest BCUT2D eigenvalue weighted by atomic mass is 19.4. The van der Waals surface area contributed by atoms with Crippen molar-refractivity contribution in [2.45, 2.75) is 12.6 Å². The van der Waals surface area contributed by atoms with E-state index in [9.17, 15) is 18.0 Å². The number of nitrogens with zero attached hydrogens (tertiary/aromatic N) is 2. The molecule has 18 heavy (non-hydrogen) atoms. The molecule has 0 aliphatic carbocycles. The summed E-state index contributed by atoms with van der Waals surface area (Å²) in [5, 5.41) is 0. The van der Waals surface area contributed by atoms with Gasteiger partial charge in [0.2, 0.25) is 0 Å². The first-order valence-electron chi connectivity index (χ1n) is 5.45. The first kappa shape index (κ1) is 12.7. The Hall–Kier alpha value is -1.79. The van der Waals surface area contributed by atoms with Crippen LogP contribution in [0.3, 0.4) is 0 Å². The molecule has 1 atom stereocenters. The summed E-state index contributed by atoms with van der Waals surface area (Å²) in [4.78, 5) is 16.9. The van der Waals surface area contributed by atoms with Crippen molar-refractivity contribution in [3.63, 3.8) is 0 Å². The van der Waals surface area contributed by atoms with Gasteiger partial charge >= 0.3 is 6.18 Å². The van der Waals surface area contributed by atoms with E-state index in [1.165, 1.54) is 23.2 Å². The van der Waals surface area contributed by atoms with Gasteiger partial charge < -0.3 is 10.6 Å². The molecular weight excluding hydrogens is 247 g/mol. The van der Waals surface area contributed by atoms with Gasteiger partial charge in [0.25, 0.3) is 5.91 Å². The smallest absolute Gasteiger partial charge is 0.384 e. The molecule has 1 amide bonds. The third kappa shape index (κ3) is 2.55. The number of hydrogen-bond acceptors (Lipinski definition) is 3. The van der Waals surface area contributed by atoms with Crippen LogP contribution in [0, 0.1) is 5.92 Å². The minimum absolute atomic E-state index is 0.0440. The second kappa shape index (κ2) is 4.47. The highest BCUT2D eigenvalue weighted by Crippen LogP contribution is 2.33. The van der Waals surface area contributed by atoms with E-state index in [1.807, 2.05) is 0 Å². The predicted octanol–water partition coefficient (Wildman–Crippen LogP) is 1.69. The predicted molar refractivity (Wildman–Crippen MR) is 58.7 cm³/mol. The van der Waals surface area contributed by atoms with Gasteiger partial charge in [-0.1, -0.05) is 0 Å². The Labute approximate surface area is 102 Å². The molecule has 2 heterocycles. The molecule has 7 heteroatoms. The van der Waals surface area contributed by atoms with E-state index in [2.05, 4.69) is 4.98 Å². The minimum Gasteiger partial charge on any atom is -0.384 e. The molecule has 2 N–H and O–H groups in total. The summed E-state index contributed by atoms with van der Waals surface area (Å²) in [5.41, 5.74) is 5.63. The van der Waals surface area contributed by atoms with Crippen LogP contribution in [0.5, 0.6) is 0 Å². The number of amides is 1. The fraction of sp³-hybridized carbons (Fsp3) is 0.455. The van der Waals surface area contributed by atoms with Crippen molar-refractivity contribution in [3.05, 3.63) is 23.9 Å². The molecule has 1 aliphatic rings. The van der Waals surface area contributed by atoms with Gasteiger partial charge in [0.05, 0.1) is 11.5 Å². The molecule has 1 fully saturated rings. The molecule has 98 valence electrons. The van der Waals surface area contributed by atoms with Crippen LogP contribution in [0.4, 0.5) is 19.0 Å². The van der Waals surface area contributed by atoms with Gasteiger partial charge in [-0.25, -0.2) is 4.98 Å². The van der Waals surface area contributed by atoms with Crippen molar-refractivity contribution in [1.29, 1.82) is 0 Å². The highest BCUT2D eigenvalue weighted by molar-refractivity contribution is 5.94. The highest BCUT2D eigenvalue weighted by Gasteiger charge is 2.44. The number of halogens is 3. The maximum atomic E-state index is 12.5. The number of likely N-dealkylation sites (tertiary alicyclic amines) is 1. The number of carbonyl (C=O) groups is 1. The van der Waals surface area contributed by atoms with Crippen molar-refractivity contribution in [2.75, 3.05) is 18.8 Å². The fourth-order valence-corrected chi connectivity index (χ4v) is 1.93. The van der Waals surface area contributed by atoms with Crippen molar-refractivity contribution >= 4 is 11.7 Å². The maximum absolute atomic E-state index is 12.5. The monoisotopic (exact) mass is 259 g/mol. The van der Waals surface area contributed by atoms with Gasteiger partial charge in [0, 0.05) is 19.3 Å². The summed E-state index contributed by atoms with van der Waals surface area (Å²) in [6.45, 7) is -0.167. The quantitative estimate of drug-likeness (QED) is 0.834. The third-order valence-electron chi connectivity index (χ3n) is 2.97. The van der Waals surface area contributed by atoms with Crippen LogP contribution in [-0.4, -0.2) is 35.1 Å². The van der Waals surface area contributed by atoms with Crippen LogP contribution < -0.4 is 5.73 Å². The SMILES string of the molecule is Nc1ccc(C(=O)N2CCC(C(F)(F)F)C2)cn1. The average Bonchev–Trinajstić information content (AvgIpc) is 2.78. The zero-order chi connectivity index (χ0) is 13.3. The van der Waals surface area contributed by atoms with Crippen LogP contribution >= 0.6 is 0 Å². The van der Waals surface area contributed by atoms with Gasteiger partial charge in [-0.2, -0.15) is 13.2 Å². The van der Waals surface area contributed by atoms with Crippen LogP contribution in [0.15, 0.2) is 18.3 Å². The lowest BCUT2D eigenvalue weighted by Gasteiger charge is -2.17. The first-order valence-corrected chi connectivity index (χ1v) is 5.45. The number of pyridine rings is 1. The second-order valence-corrected chi connectivity index (χ2v) is 4.25. The molecule has 0 saturated carbocycles. The molecule has 0 aromatic carbocycles. The lowest BCUT2D eigenvalue weighted by molar-refractivity contribution is -0.169. The average molecular weight is 259 g/mol. The number of nitrogens with two attached hydrogens (primary N) is 1. The Bertz CT molecular complexity index is 444. The topological polar surface area (TPSA) is 59.2 Å². The van der Waals surface area contributed by atoms with Gasteiger partial charge in [0.15, 0.2) is 0 Å². The number of rotatable bonds is 1. The van der Waals surface area contributed by atoms with Gasteiger partial charge in [-0.05, 0) is 18.6 Å². The summed E-state index contributed by atoms with van der Waals surface area (Å²) in [6, 6.07) is 2.91. The third-order valence-corrected chi connectivity index (χ3v) is 2.97. The molecule has 2 rings (SSSR count). The number of aromatic nitrogens is 1. The molecule has 1 aromatic rings.